The number of para-hydroxylation sites is 1. The number of carbonyl (C=O) groups excluding carboxylic acids is 2. The summed E-state index contributed by atoms with van der Waals surface area (Å²) >= 11 is 5.13. The highest BCUT2D eigenvalue weighted by Gasteiger charge is 2.34. The number of phenolic OH excluding ortho intramolecular Hbond substituents is 1. The van der Waals surface area contributed by atoms with Crippen LogP contribution in [0.5, 0.6) is 11.5 Å². The quantitative estimate of drug-likeness (QED) is 0.502. The highest BCUT2D eigenvalue weighted by atomic mass is 32.1. The van der Waals surface area contributed by atoms with Gasteiger partial charge >= 0.3 is 0 Å². The number of benzene rings is 2. The number of nitrogens with zero attached hydrogens (tertiary/aromatic N) is 1. The first kappa shape index (κ1) is 16.7. The number of nitrogens with one attached hydrogen (secondary N) is 1. The molecule has 1 heterocycles. The number of hydrogen-bond acceptors (Lipinski definition) is 5. The molecule has 3 rings (SSSR count). The molecule has 0 saturated carbocycles. The zero-order valence-corrected chi connectivity index (χ0v) is 14.0. The number of thiocarbonyl (C=S) groups is 1. The molecule has 25 heavy (non-hydrogen) atoms. The molecule has 0 bridgehead atoms. The number of hydrogen-bond donors (Lipinski definition) is 2. The Kier molecular flexibility index (Phi) is 4.49. The fraction of sp³-hybridized carbons (Fsp3) is 0.0556. The number of methoxy groups -OCH3 is 1. The Hall–Kier alpha value is -3.19. The van der Waals surface area contributed by atoms with Gasteiger partial charge in [0, 0.05) is 5.56 Å². The number of ether oxygens (including phenoxy) is 1. The first-order valence-corrected chi connectivity index (χ1v) is 7.75. The average molecular weight is 354 g/mol. The average Bonchev–Trinajstić information content (AvgIpc) is 2.60. The van der Waals surface area contributed by atoms with E-state index in [1.165, 1.54) is 17.0 Å². The molecular formula is C18H14N2O4S. The fourth-order valence-electron chi connectivity index (χ4n) is 2.39. The van der Waals surface area contributed by atoms with E-state index in [4.69, 9.17) is 17.0 Å². The molecule has 1 fully saturated rings. The predicted molar refractivity (Wildman–Crippen MR) is 97.3 cm³/mol. The molecular weight excluding hydrogens is 340 g/mol. The highest BCUT2D eigenvalue weighted by molar-refractivity contribution is 7.80. The Labute approximate surface area is 149 Å². The smallest absolute Gasteiger partial charge is 0.270 e. The van der Waals surface area contributed by atoms with Gasteiger partial charge in [-0.2, -0.15) is 0 Å². The normalized spacial score (nSPS) is 16.1. The van der Waals surface area contributed by atoms with Crippen LogP contribution in [0.15, 0.2) is 54.1 Å². The van der Waals surface area contributed by atoms with Crippen LogP contribution in [0.1, 0.15) is 5.56 Å². The molecule has 2 aromatic carbocycles. The Morgan fingerprint density at radius 2 is 1.80 bits per heavy atom. The van der Waals surface area contributed by atoms with Crippen LogP contribution in [0.2, 0.25) is 0 Å². The van der Waals surface area contributed by atoms with Gasteiger partial charge in [0.2, 0.25) is 0 Å². The third-order valence-corrected chi connectivity index (χ3v) is 3.95. The van der Waals surface area contributed by atoms with Crippen LogP contribution in [0.4, 0.5) is 5.69 Å². The van der Waals surface area contributed by atoms with Crippen molar-refractivity contribution in [3.8, 4) is 11.5 Å². The summed E-state index contributed by atoms with van der Waals surface area (Å²) in [6, 6.07) is 13.1. The maximum atomic E-state index is 12.8. The molecule has 2 N–H and O–H groups in total. The minimum absolute atomic E-state index is 0.00500. The van der Waals surface area contributed by atoms with E-state index >= 15 is 0 Å². The van der Waals surface area contributed by atoms with Gasteiger partial charge in [0.05, 0.1) is 12.8 Å². The van der Waals surface area contributed by atoms with Gasteiger partial charge < -0.3 is 9.84 Å². The van der Waals surface area contributed by atoms with Crippen molar-refractivity contribution in [3.63, 3.8) is 0 Å². The van der Waals surface area contributed by atoms with Gasteiger partial charge in [-0.05, 0) is 48.6 Å². The summed E-state index contributed by atoms with van der Waals surface area (Å²) in [6.45, 7) is 0. The summed E-state index contributed by atoms with van der Waals surface area (Å²) in [7, 11) is 1.54. The second-order valence-corrected chi connectivity index (χ2v) is 5.60. The largest absolute Gasteiger partial charge is 0.507 e. The van der Waals surface area contributed by atoms with Gasteiger partial charge in [0.15, 0.2) is 5.11 Å². The van der Waals surface area contributed by atoms with Gasteiger partial charge in [0.1, 0.15) is 17.1 Å². The first-order chi connectivity index (χ1) is 12.0. The number of phenols is 1. The van der Waals surface area contributed by atoms with Crippen LogP contribution in [0, 0.1) is 0 Å². The third-order valence-electron chi connectivity index (χ3n) is 3.67. The Balaban J connectivity index is 2.01. The van der Waals surface area contributed by atoms with Crippen LogP contribution in [-0.4, -0.2) is 29.1 Å². The lowest BCUT2D eigenvalue weighted by Crippen LogP contribution is -2.54. The number of carbonyl (C=O) groups is 2. The lowest BCUT2D eigenvalue weighted by Gasteiger charge is -2.29. The van der Waals surface area contributed by atoms with Gasteiger partial charge in [-0.1, -0.05) is 18.2 Å². The van der Waals surface area contributed by atoms with Crippen LogP contribution < -0.4 is 15.0 Å². The van der Waals surface area contributed by atoms with Crippen molar-refractivity contribution in [1.29, 1.82) is 0 Å². The van der Waals surface area contributed by atoms with E-state index in [2.05, 4.69) is 5.32 Å². The van der Waals surface area contributed by atoms with Crippen molar-refractivity contribution in [2.45, 2.75) is 0 Å². The maximum absolute atomic E-state index is 12.8. The first-order valence-electron chi connectivity index (χ1n) is 7.35. The molecule has 1 aliphatic heterocycles. The van der Waals surface area contributed by atoms with Crippen molar-refractivity contribution < 1.29 is 19.4 Å². The van der Waals surface area contributed by atoms with E-state index in [-0.39, 0.29) is 16.4 Å². The summed E-state index contributed by atoms with van der Waals surface area (Å²) in [5.41, 5.74) is 0.744. The van der Waals surface area contributed by atoms with Crippen molar-refractivity contribution >= 4 is 40.9 Å². The number of aromatic hydroxyl groups is 1. The topological polar surface area (TPSA) is 78.9 Å². The molecule has 2 aromatic rings. The second-order valence-electron chi connectivity index (χ2n) is 5.21. The molecule has 0 unspecified atom stereocenters. The third kappa shape index (κ3) is 3.22. The van der Waals surface area contributed by atoms with Gasteiger partial charge in [0.25, 0.3) is 11.8 Å². The summed E-state index contributed by atoms with van der Waals surface area (Å²) in [5.74, 6) is -0.571. The Morgan fingerprint density at radius 1 is 1.12 bits per heavy atom. The standard InChI is InChI=1S/C18H14N2O4S/c1-24-13-8-6-12(7-9-13)20-17(23)14(16(22)19-18(20)25)10-11-4-2-3-5-15(11)21/h2-10,21H,1H3,(H,19,22,25)/b14-10-. The SMILES string of the molecule is COc1ccc(N2C(=O)/C(=C\c3ccccc3O)C(=O)NC2=S)cc1. The predicted octanol–water partition coefficient (Wildman–Crippen LogP) is 2.23. The highest BCUT2D eigenvalue weighted by Crippen LogP contribution is 2.26. The molecule has 0 aliphatic carbocycles. The van der Waals surface area contributed by atoms with Crippen LogP contribution >= 0.6 is 12.2 Å². The number of amides is 2. The molecule has 1 saturated heterocycles. The van der Waals surface area contributed by atoms with E-state index < -0.39 is 11.8 Å². The molecule has 0 spiro atoms. The molecule has 126 valence electrons. The lowest BCUT2D eigenvalue weighted by atomic mass is 10.1. The molecule has 7 heteroatoms. The van der Waals surface area contributed by atoms with Crippen molar-refractivity contribution in [2.75, 3.05) is 12.0 Å². The Morgan fingerprint density at radius 3 is 2.44 bits per heavy atom. The number of anilines is 1. The van der Waals surface area contributed by atoms with E-state index in [0.29, 0.717) is 17.0 Å². The van der Waals surface area contributed by atoms with E-state index in [1.54, 1.807) is 49.6 Å². The minimum atomic E-state index is -0.608. The van der Waals surface area contributed by atoms with Crippen LogP contribution in [0.25, 0.3) is 6.08 Å². The molecule has 0 aromatic heterocycles. The molecule has 2 amide bonds. The summed E-state index contributed by atoms with van der Waals surface area (Å²) in [4.78, 5) is 26.2. The summed E-state index contributed by atoms with van der Waals surface area (Å²) in [6.07, 6.45) is 1.34. The van der Waals surface area contributed by atoms with E-state index in [9.17, 15) is 14.7 Å². The van der Waals surface area contributed by atoms with Crippen molar-refractivity contribution in [2.24, 2.45) is 0 Å². The zero-order valence-electron chi connectivity index (χ0n) is 13.2. The van der Waals surface area contributed by atoms with Gasteiger partial charge in [-0.15, -0.1) is 0 Å². The molecule has 1 aliphatic rings. The number of rotatable bonds is 3. The summed E-state index contributed by atoms with van der Waals surface area (Å²) < 4.78 is 5.10. The lowest BCUT2D eigenvalue weighted by molar-refractivity contribution is -0.122. The summed E-state index contributed by atoms with van der Waals surface area (Å²) in [5, 5.41) is 12.4. The van der Waals surface area contributed by atoms with E-state index in [0.717, 1.165) is 0 Å². The zero-order chi connectivity index (χ0) is 18.0. The van der Waals surface area contributed by atoms with Crippen molar-refractivity contribution in [1.82, 2.24) is 5.32 Å². The minimum Gasteiger partial charge on any atom is -0.507 e. The fourth-order valence-corrected chi connectivity index (χ4v) is 2.67. The van der Waals surface area contributed by atoms with Crippen LogP contribution in [0.3, 0.4) is 0 Å². The van der Waals surface area contributed by atoms with Crippen molar-refractivity contribution in [3.05, 3.63) is 59.7 Å². The second kappa shape index (κ2) is 6.74. The Bertz CT molecular complexity index is 890. The maximum Gasteiger partial charge on any atom is 0.270 e. The van der Waals surface area contributed by atoms with Crippen LogP contribution in [-0.2, 0) is 9.59 Å². The van der Waals surface area contributed by atoms with E-state index in [1.807, 2.05) is 0 Å². The molecule has 0 radical (unpaired) electrons. The molecule has 0 atom stereocenters. The monoisotopic (exact) mass is 354 g/mol. The van der Waals surface area contributed by atoms with Gasteiger partial charge in [-0.25, -0.2) is 0 Å². The molecule has 6 nitrogen and oxygen atoms in total. The van der Waals surface area contributed by atoms with Gasteiger partial charge in [-0.3, -0.25) is 19.8 Å².